The molecule has 0 spiro atoms. The standard InChI is InChI=1S/C17H24N2O3/c1-3-5-7-14(4-2)12-22-17(21)19-16-9-6-8-15(10-16)11-18-13-20/h6,8-10,14H,3-5,7,11-12H2,1-2H3,(H,19,21). The van der Waals surface area contributed by atoms with E-state index in [0.717, 1.165) is 31.2 Å². The van der Waals surface area contributed by atoms with Gasteiger partial charge in [0.15, 0.2) is 0 Å². The van der Waals surface area contributed by atoms with Gasteiger partial charge in [-0.25, -0.2) is 14.6 Å². The fraction of sp³-hybridized carbons (Fsp3) is 0.529. The van der Waals surface area contributed by atoms with Gasteiger partial charge in [-0.15, -0.1) is 0 Å². The molecule has 1 amide bonds. The normalized spacial score (nSPS) is 11.4. The highest BCUT2D eigenvalue weighted by Crippen LogP contribution is 2.15. The number of amides is 1. The number of hydrogen-bond donors (Lipinski definition) is 1. The fourth-order valence-corrected chi connectivity index (χ4v) is 2.12. The van der Waals surface area contributed by atoms with Crippen molar-refractivity contribution in [1.29, 1.82) is 0 Å². The first kappa shape index (κ1) is 17.9. The van der Waals surface area contributed by atoms with Crippen molar-refractivity contribution < 1.29 is 14.3 Å². The molecule has 0 radical (unpaired) electrons. The highest BCUT2D eigenvalue weighted by molar-refractivity contribution is 5.84. The second-order valence-electron chi connectivity index (χ2n) is 5.25. The van der Waals surface area contributed by atoms with E-state index in [4.69, 9.17) is 4.74 Å². The number of ether oxygens (including phenoxy) is 1. The minimum Gasteiger partial charge on any atom is -0.449 e. The monoisotopic (exact) mass is 304 g/mol. The third-order valence-corrected chi connectivity index (χ3v) is 3.49. The van der Waals surface area contributed by atoms with Gasteiger partial charge in [0.2, 0.25) is 6.08 Å². The molecule has 0 fully saturated rings. The van der Waals surface area contributed by atoms with Crippen molar-refractivity contribution in [2.24, 2.45) is 10.9 Å². The number of anilines is 1. The van der Waals surface area contributed by atoms with E-state index in [1.807, 2.05) is 6.07 Å². The summed E-state index contributed by atoms with van der Waals surface area (Å²) in [5.74, 6) is 0.416. The number of rotatable bonds is 9. The number of unbranched alkanes of at least 4 members (excludes halogenated alkanes) is 1. The van der Waals surface area contributed by atoms with Crippen molar-refractivity contribution in [2.45, 2.75) is 46.1 Å². The van der Waals surface area contributed by atoms with Gasteiger partial charge in [-0.3, -0.25) is 5.32 Å². The van der Waals surface area contributed by atoms with Gasteiger partial charge in [0.25, 0.3) is 0 Å². The lowest BCUT2D eigenvalue weighted by Gasteiger charge is -2.15. The number of carbonyl (C=O) groups is 1. The van der Waals surface area contributed by atoms with E-state index in [2.05, 4.69) is 24.2 Å². The Labute approximate surface area is 131 Å². The first-order valence-electron chi connectivity index (χ1n) is 7.75. The Morgan fingerprint density at radius 1 is 1.41 bits per heavy atom. The first-order chi connectivity index (χ1) is 10.7. The summed E-state index contributed by atoms with van der Waals surface area (Å²) in [4.78, 5) is 25.4. The Bertz CT molecular complexity index is 510. The van der Waals surface area contributed by atoms with E-state index in [-0.39, 0.29) is 6.54 Å². The van der Waals surface area contributed by atoms with Crippen molar-refractivity contribution in [1.82, 2.24) is 0 Å². The molecule has 1 rings (SSSR count). The zero-order chi connectivity index (χ0) is 16.2. The van der Waals surface area contributed by atoms with Crippen LogP contribution in [0.5, 0.6) is 0 Å². The largest absolute Gasteiger partial charge is 0.449 e. The van der Waals surface area contributed by atoms with Crippen molar-refractivity contribution in [3.8, 4) is 0 Å². The summed E-state index contributed by atoms with van der Waals surface area (Å²) in [6, 6.07) is 7.15. The zero-order valence-corrected chi connectivity index (χ0v) is 13.3. The quantitative estimate of drug-likeness (QED) is 0.546. The maximum atomic E-state index is 11.8. The number of aliphatic imine (C=N–C) groups is 1. The summed E-state index contributed by atoms with van der Waals surface area (Å²) < 4.78 is 5.28. The smallest absolute Gasteiger partial charge is 0.411 e. The summed E-state index contributed by atoms with van der Waals surface area (Å²) in [7, 11) is 0. The molecule has 0 aliphatic heterocycles. The van der Waals surface area contributed by atoms with Crippen LogP contribution in [0.3, 0.4) is 0 Å². The number of hydrogen-bond acceptors (Lipinski definition) is 4. The molecular weight excluding hydrogens is 280 g/mol. The summed E-state index contributed by atoms with van der Waals surface area (Å²) in [6.45, 7) is 4.96. The number of isocyanates is 1. The molecule has 0 aliphatic carbocycles. The van der Waals surface area contributed by atoms with Crippen molar-refractivity contribution in [2.75, 3.05) is 11.9 Å². The average Bonchev–Trinajstić information content (AvgIpc) is 2.53. The molecule has 22 heavy (non-hydrogen) atoms. The van der Waals surface area contributed by atoms with Crippen LogP contribution in [0.15, 0.2) is 29.3 Å². The van der Waals surface area contributed by atoms with Crippen molar-refractivity contribution in [3.63, 3.8) is 0 Å². The molecule has 0 aliphatic rings. The van der Waals surface area contributed by atoms with Crippen molar-refractivity contribution >= 4 is 17.9 Å². The van der Waals surface area contributed by atoms with E-state index in [1.54, 1.807) is 18.2 Å². The van der Waals surface area contributed by atoms with E-state index in [9.17, 15) is 9.59 Å². The lowest BCUT2D eigenvalue weighted by Crippen LogP contribution is -2.18. The number of carbonyl (C=O) groups excluding carboxylic acids is 2. The van der Waals surface area contributed by atoms with E-state index in [0.29, 0.717) is 18.2 Å². The van der Waals surface area contributed by atoms with E-state index < -0.39 is 6.09 Å². The molecule has 0 saturated heterocycles. The van der Waals surface area contributed by atoms with E-state index >= 15 is 0 Å². The number of nitrogens with zero attached hydrogens (tertiary/aromatic N) is 1. The Hall–Kier alpha value is -2.13. The van der Waals surface area contributed by atoms with Crippen LogP contribution in [0.4, 0.5) is 10.5 Å². The van der Waals surface area contributed by atoms with Gasteiger partial charge < -0.3 is 4.74 Å². The highest BCUT2D eigenvalue weighted by Gasteiger charge is 2.10. The van der Waals surface area contributed by atoms with E-state index in [1.165, 1.54) is 6.08 Å². The summed E-state index contributed by atoms with van der Waals surface area (Å²) >= 11 is 0. The molecule has 120 valence electrons. The molecule has 1 aromatic carbocycles. The lowest BCUT2D eigenvalue weighted by atomic mass is 10.0. The minimum atomic E-state index is -0.453. The fourth-order valence-electron chi connectivity index (χ4n) is 2.12. The lowest BCUT2D eigenvalue weighted by molar-refractivity contribution is 0.136. The first-order valence-corrected chi connectivity index (χ1v) is 7.75. The zero-order valence-electron chi connectivity index (χ0n) is 13.3. The Morgan fingerprint density at radius 2 is 2.23 bits per heavy atom. The molecule has 0 heterocycles. The maximum Gasteiger partial charge on any atom is 0.411 e. The predicted octanol–water partition coefficient (Wildman–Crippen LogP) is 4.29. The highest BCUT2D eigenvalue weighted by atomic mass is 16.5. The average molecular weight is 304 g/mol. The molecule has 0 bridgehead atoms. The van der Waals surface area contributed by atoms with Crippen LogP contribution >= 0.6 is 0 Å². The molecule has 5 nitrogen and oxygen atoms in total. The summed E-state index contributed by atoms with van der Waals surface area (Å²) in [5, 5.41) is 2.69. The van der Waals surface area contributed by atoms with Crippen LogP contribution in [-0.4, -0.2) is 18.8 Å². The van der Waals surface area contributed by atoms with Gasteiger partial charge in [-0.2, -0.15) is 0 Å². The van der Waals surface area contributed by atoms with Crippen LogP contribution in [0.1, 0.15) is 45.1 Å². The third kappa shape index (κ3) is 7.04. The van der Waals surface area contributed by atoms with Crippen LogP contribution < -0.4 is 5.32 Å². The molecule has 1 N–H and O–H groups in total. The Balaban J connectivity index is 2.45. The van der Waals surface area contributed by atoms with Crippen LogP contribution in [0.2, 0.25) is 0 Å². The molecule has 5 heteroatoms. The van der Waals surface area contributed by atoms with Crippen LogP contribution in [0.25, 0.3) is 0 Å². The minimum absolute atomic E-state index is 0.253. The van der Waals surface area contributed by atoms with Gasteiger partial charge in [-0.1, -0.05) is 45.2 Å². The summed E-state index contributed by atoms with van der Waals surface area (Å²) in [6.07, 6.45) is 5.44. The van der Waals surface area contributed by atoms with Gasteiger partial charge in [0.05, 0.1) is 13.2 Å². The molecule has 1 atom stereocenters. The number of benzene rings is 1. The predicted molar refractivity (Wildman–Crippen MR) is 86.5 cm³/mol. The van der Waals surface area contributed by atoms with Gasteiger partial charge >= 0.3 is 6.09 Å². The molecule has 0 saturated carbocycles. The topological polar surface area (TPSA) is 67.8 Å². The molecule has 1 aromatic rings. The Morgan fingerprint density at radius 3 is 2.91 bits per heavy atom. The molecule has 1 unspecified atom stereocenters. The van der Waals surface area contributed by atoms with Gasteiger partial charge in [0.1, 0.15) is 0 Å². The van der Waals surface area contributed by atoms with Crippen molar-refractivity contribution in [3.05, 3.63) is 29.8 Å². The SMILES string of the molecule is CCCCC(CC)COC(=O)Nc1cccc(CN=C=O)c1. The van der Waals surface area contributed by atoms with Crippen LogP contribution in [-0.2, 0) is 16.1 Å². The second kappa shape index (κ2) is 10.6. The third-order valence-electron chi connectivity index (χ3n) is 3.49. The molecular formula is C17H24N2O3. The maximum absolute atomic E-state index is 11.8. The number of nitrogens with one attached hydrogen (secondary N) is 1. The summed E-state index contributed by atoms with van der Waals surface area (Å²) in [5.41, 5.74) is 1.46. The van der Waals surface area contributed by atoms with Gasteiger partial charge in [-0.05, 0) is 30.0 Å². The Kier molecular flexibility index (Phi) is 8.61. The van der Waals surface area contributed by atoms with Crippen LogP contribution in [0, 0.1) is 5.92 Å². The second-order valence-corrected chi connectivity index (χ2v) is 5.25. The van der Waals surface area contributed by atoms with Gasteiger partial charge in [0, 0.05) is 5.69 Å². The molecule has 0 aromatic heterocycles.